The molecular formula is C17H17IN4O. The van der Waals surface area contributed by atoms with Crippen molar-refractivity contribution in [1.29, 1.82) is 0 Å². The number of nitrogen functional groups attached to an aromatic ring is 1. The van der Waals surface area contributed by atoms with Crippen LogP contribution in [0.1, 0.15) is 24.4 Å². The number of hydrogen-bond donors (Lipinski definition) is 1. The average molecular weight is 420 g/mol. The molecule has 0 amide bonds. The fourth-order valence-electron chi connectivity index (χ4n) is 3.03. The molecule has 1 saturated carbocycles. The van der Waals surface area contributed by atoms with Gasteiger partial charge in [-0.3, -0.25) is 0 Å². The third-order valence-electron chi connectivity index (χ3n) is 4.38. The minimum atomic E-state index is 0.314. The first kappa shape index (κ1) is 14.9. The largest absolute Gasteiger partial charge is 0.383 e. The van der Waals surface area contributed by atoms with Crippen LogP contribution in [0.5, 0.6) is 0 Å². The van der Waals surface area contributed by atoms with E-state index in [0.29, 0.717) is 24.6 Å². The summed E-state index contributed by atoms with van der Waals surface area (Å²) in [5.41, 5.74) is 8.12. The smallest absolute Gasteiger partial charge is 0.146 e. The summed E-state index contributed by atoms with van der Waals surface area (Å²) in [6, 6.07) is 10.7. The quantitative estimate of drug-likeness (QED) is 0.656. The summed E-state index contributed by atoms with van der Waals surface area (Å²) < 4.78 is 9.31. The van der Waals surface area contributed by atoms with Gasteiger partial charge in [0.1, 0.15) is 17.8 Å². The highest BCUT2D eigenvalue weighted by Crippen LogP contribution is 2.38. The molecule has 0 saturated heterocycles. The van der Waals surface area contributed by atoms with E-state index in [1.165, 1.54) is 11.9 Å². The molecular weight excluding hydrogens is 403 g/mol. The first-order valence-electron chi connectivity index (χ1n) is 7.64. The van der Waals surface area contributed by atoms with Crippen LogP contribution in [0, 0.1) is 3.57 Å². The standard InChI is InChI=1S/C17H17IN4O/c18-14-8-22(17-15(14)16(19)20-10-21-17)12-6-13(7-12)23-9-11-4-2-1-3-5-11/h1-5,8,10,12-13H,6-7,9H2,(H2,19,20,21). The van der Waals surface area contributed by atoms with E-state index in [-0.39, 0.29) is 0 Å². The van der Waals surface area contributed by atoms with Crippen LogP contribution in [0.4, 0.5) is 5.82 Å². The van der Waals surface area contributed by atoms with E-state index < -0.39 is 0 Å². The molecule has 5 nitrogen and oxygen atoms in total. The Morgan fingerprint density at radius 1 is 1.22 bits per heavy atom. The maximum absolute atomic E-state index is 5.99. The Bertz CT molecular complexity index is 827. The molecule has 0 aliphatic heterocycles. The lowest BCUT2D eigenvalue weighted by atomic mass is 9.89. The number of halogens is 1. The number of benzene rings is 1. The Labute approximate surface area is 148 Å². The van der Waals surface area contributed by atoms with Crippen LogP contribution in [0.2, 0.25) is 0 Å². The van der Waals surface area contributed by atoms with Crippen LogP contribution in [0.15, 0.2) is 42.9 Å². The van der Waals surface area contributed by atoms with E-state index in [4.69, 9.17) is 10.5 Å². The van der Waals surface area contributed by atoms with Gasteiger partial charge in [-0.2, -0.15) is 0 Å². The maximum atomic E-state index is 5.99. The zero-order valence-electron chi connectivity index (χ0n) is 12.5. The zero-order valence-corrected chi connectivity index (χ0v) is 14.7. The fourth-order valence-corrected chi connectivity index (χ4v) is 3.85. The monoisotopic (exact) mass is 420 g/mol. The molecule has 2 N–H and O–H groups in total. The second-order valence-corrected chi connectivity index (χ2v) is 7.05. The number of rotatable bonds is 4. The van der Waals surface area contributed by atoms with Crippen LogP contribution < -0.4 is 5.73 Å². The number of nitrogens with zero attached hydrogens (tertiary/aromatic N) is 3. The van der Waals surface area contributed by atoms with Crippen molar-refractivity contribution in [2.24, 2.45) is 0 Å². The maximum Gasteiger partial charge on any atom is 0.146 e. The molecule has 2 aromatic heterocycles. The molecule has 1 aromatic carbocycles. The molecule has 23 heavy (non-hydrogen) atoms. The Balaban J connectivity index is 1.43. The van der Waals surface area contributed by atoms with Gasteiger partial charge in [-0.1, -0.05) is 30.3 Å². The highest BCUT2D eigenvalue weighted by atomic mass is 127. The van der Waals surface area contributed by atoms with Gasteiger partial charge >= 0.3 is 0 Å². The van der Waals surface area contributed by atoms with E-state index in [2.05, 4.69) is 55.5 Å². The van der Waals surface area contributed by atoms with E-state index in [1.807, 2.05) is 18.2 Å². The Kier molecular flexibility index (Phi) is 3.94. The number of nitrogens with two attached hydrogens (primary N) is 1. The number of ether oxygens (including phenoxy) is 1. The Hall–Kier alpha value is -1.67. The molecule has 2 heterocycles. The third-order valence-corrected chi connectivity index (χ3v) is 5.20. The highest BCUT2D eigenvalue weighted by molar-refractivity contribution is 14.1. The molecule has 0 atom stereocenters. The van der Waals surface area contributed by atoms with Gasteiger partial charge in [0.05, 0.1) is 18.1 Å². The summed E-state index contributed by atoms with van der Waals surface area (Å²) in [5, 5.41) is 0.960. The van der Waals surface area contributed by atoms with Crippen LogP contribution in [0.3, 0.4) is 0 Å². The molecule has 1 aliphatic carbocycles. The van der Waals surface area contributed by atoms with Crippen LogP contribution >= 0.6 is 22.6 Å². The van der Waals surface area contributed by atoms with E-state index in [0.717, 1.165) is 27.4 Å². The van der Waals surface area contributed by atoms with Crippen LogP contribution in [-0.4, -0.2) is 20.6 Å². The van der Waals surface area contributed by atoms with Crippen molar-refractivity contribution in [2.45, 2.75) is 31.6 Å². The minimum absolute atomic E-state index is 0.314. The lowest BCUT2D eigenvalue weighted by Crippen LogP contribution is -2.33. The van der Waals surface area contributed by atoms with E-state index in [9.17, 15) is 0 Å². The molecule has 6 heteroatoms. The molecule has 0 bridgehead atoms. The number of hydrogen-bond acceptors (Lipinski definition) is 4. The number of anilines is 1. The van der Waals surface area contributed by atoms with Crippen molar-refractivity contribution in [1.82, 2.24) is 14.5 Å². The second kappa shape index (κ2) is 6.09. The van der Waals surface area contributed by atoms with Crippen LogP contribution in [0.25, 0.3) is 11.0 Å². The van der Waals surface area contributed by atoms with Crippen molar-refractivity contribution < 1.29 is 4.74 Å². The topological polar surface area (TPSA) is 66.0 Å². The fraction of sp³-hybridized carbons (Fsp3) is 0.294. The van der Waals surface area contributed by atoms with Gasteiger partial charge in [0.2, 0.25) is 0 Å². The molecule has 118 valence electrons. The number of aromatic nitrogens is 3. The lowest BCUT2D eigenvalue weighted by Gasteiger charge is -2.36. The number of fused-ring (bicyclic) bond motifs is 1. The molecule has 1 aliphatic rings. The third kappa shape index (κ3) is 2.81. The first-order valence-corrected chi connectivity index (χ1v) is 8.72. The van der Waals surface area contributed by atoms with E-state index >= 15 is 0 Å². The van der Waals surface area contributed by atoms with Crippen molar-refractivity contribution in [3.63, 3.8) is 0 Å². The van der Waals surface area contributed by atoms with Crippen molar-refractivity contribution in [2.75, 3.05) is 5.73 Å². The summed E-state index contributed by atoms with van der Waals surface area (Å²) in [7, 11) is 0. The van der Waals surface area contributed by atoms with Gasteiger partial charge in [0.15, 0.2) is 0 Å². The normalized spacial score (nSPS) is 20.6. The van der Waals surface area contributed by atoms with Crippen LogP contribution in [-0.2, 0) is 11.3 Å². The molecule has 3 aromatic rings. The Morgan fingerprint density at radius 2 is 2.00 bits per heavy atom. The van der Waals surface area contributed by atoms with Gasteiger partial charge < -0.3 is 15.0 Å². The first-order chi connectivity index (χ1) is 11.2. The minimum Gasteiger partial charge on any atom is -0.383 e. The molecule has 4 rings (SSSR count). The lowest BCUT2D eigenvalue weighted by molar-refractivity contribution is -0.0348. The zero-order chi connectivity index (χ0) is 15.8. The van der Waals surface area contributed by atoms with Gasteiger partial charge in [0, 0.05) is 15.8 Å². The van der Waals surface area contributed by atoms with Gasteiger partial charge in [0.25, 0.3) is 0 Å². The summed E-state index contributed by atoms with van der Waals surface area (Å²) in [6.07, 6.45) is 5.99. The van der Waals surface area contributed by atoms with Crippen molar-refractivity contribution in [3.05, 3.63) is 52.0 Å². The summed E-state index contributed by atoms with van der Waals surface area (Å²) in [4.78, 5) is 8.50. The summed E-state index contributed by atoms with van der Waals surface area (Å²) in [6.45, 7) is 0.678. The predicted molar refractivity (Wildman–Crippen MR) is 97.9 cm³/mol. The molecule has 0 spiro atoms. The SMILES string of the molecule is Nc1ncnc2c1c(I)cn2C1CC(OCc2ccccc2)C1. The summed E-state index contributed by atoms with van der Waals surface area (Å²) >= 11 is 2.30. The van der Waals surface area contributed by atoms with E-state index in [1.54, 1.807) is 0 Å². The van der Waals surface area contributed by atoms with Gasteiger partial charge in [-0.05, 0) is 41.0 Å². The van der Waals surface area contributed by atoms with Gasteiger partial charge in [-0.15, -0.1) is 0 Å². The van der Waals surface area contributed by atoms with Gasteiger partial charge in [-0.25, -0.2) is 9.97 Å². The molecule has 0 radical (unpaired) electrons. The molecule has 0 unspecified atom stereocenters. The van der Waals surface area contributed by atoms with Crippen molar-refractivity contribution in [3.8, 4) is 0 Å². The average Bonchev–Trinajstić information content (AvgIpc) is 2.85. The second-order valence-electron chi connectivity index (χ2n) is 5.89. The summed E-state index contributed by atoms with van der Waals surface area (Å²) in [5.74, 6) is 0.550. The molecule has 1 fully saturated rings. The van der Waals surface area contributed by atoms with Crippen molar-refractivity contribution >= 4 is 39.4 Å². The Morgan fingerprint density at radius 3 is 2.78 bits per heavy atom. The predicted octanol–water partition coefficient (Wildman–Crippen LogP) is 3.54. The highest BCUT2D eigenvalue weighted by Gasteiger charge is 2.32.